The third-order valence-electron chi connectivity index (χ3n) is 4.66. The van der Waals surface area contributed by atoms with Crippen molar-refractivity contribution in [2.24, 2.45) is 0 Å². The standard InChI is InChI=1S/C19H25N3O4/c1-13-11-15(21-26-13)17-5-4-9-22(17)10-8-19(23)20-16-12-14(24-2)6-7-18(16)25-3/h6-7,11-12,17H,4-5,8-10H2,1-3H3,(H,20,23)/t17-/m1/s1. The van der Waals surface area contributed by atoms with Crippen LogP contribution in [-0.2, 0) is 4.79 Å². The zero-order valence-corrected chi connectivity index (χ0v) is 15.4. The predicted octanol–water partition coefficient (Wildman–Crippen LogP) is 3.17. The number of methoxy groups -OCH3 is 2. The number of likely N-dealkylation sites (tertiary alicyclic amines) is 1. The van der Waals surface area contributed by atoms with Gasteiger partial charge in [-0.2, -0.15) is 0 Å². The van der Waals surface area contributed by atoms with Gasteiger partial charge in [-0.3, -0.25) is 9.69 Å². The van der Waals surface area contributed by atoms with Gasteiger partial charge in [-0.1, -0.05) is 5.16 Å². The Morgan fingerprint density at radius 2 is 2.19 bits per heavy atom. The Bertz CT molecular complexity index is 759. The molecule has 1 aromatic heterocycles. The number of anilines is 1. The van der Waals surface area contributed by atoms with Crippen molar-refractivity contribution in [3.05, 3.63) is 35.7 Å². The van der Waals surface area contributed by atoms with Crippen LogP contribution in [0.4, 0.5) is 5.69 Å². The lowest BCUT2D eigenvalue weighted by molar-refractivity contribution is -0.116. The fourth-order valence-corrected chi connectivity index (χ4v) is 3.34. The molecule has 2 aromatic rings. The summed E-state index contributed by atoms with van der Waals surface area (Å²) in [7, 11) is 3.17. The van der Waals surface area contributed by atoms with Crippen molar-refractivity contribution < 1.29 is 18.8 Å². The lowest BCUT2D eigenvalue weighted by atomic mass is 10.1. The summed E-state index contributed by atoms with van der Waals surface area (Å²) in [4.78, 5) is 14.7. The zero-order chi connectivity index (χ0) is 18.5. The summed E-state index contributed by atoms with van der Waals surface area (Å²) in [6.45, 7) is 3.53. The maximum atomic E-state index is 12.4. The molecule has 0 unspecified atom stereocenters. The smallest absolute Gasteiger partial charge is 0.225 e. The highest BCUT2D eigenvalue weighted by molar-refractivity contribution is 5.92. The zero-order valence-electron chi connectivity index (χ0n) is 15.4. The van der Waals surface area contributed by atoms with Crippen LogP contribution in [0.1, 0.15) is 36.8 Å². The Labute approximate surface area is 153 Å². The van der Waals surface area contributed by atoms with Gasteiger partial charge in [-0.25, -0.2) is 0 Å². The lowest BCUT2D eigenvalue weighted by Gasteiger charge is -2.22. The molecule has 2 heterocycles. The number of rotatable bonds is 7. The third-order valence-corrected chi connectivity index (χ3v) is 4.66. The Kier molecular flexibility index (Phi) is 5.78. The van der Waals surface area contributed by atoms with E-state index >= 15 is 0 Å². The molecule has 0 spiro atoms. The summed E-state index contributed by atoms with van der Waals surface area (Å²) in [6, 6.07) is 7.53. The first-order valence-electron chi connectivity index (χ1n) is 8.80. The molecule has 1 aliphatic heterocycles. The number of hydrogen-bond donors (Lipinski definition) is 1. The van der Waals surface area contributed by atoms with Crippen molar-refractivity contribution in [1.29, 1.82) is 0 Å². The van der Waals surface area contributed by atoms with Crippen molar-refractivity contribution in [2.45, 2.75) is 32.2 Å². The molecule has 1 fully saturated rings. The molecule has 1 N–H and O–H groups in total. The second kappa shape index (κ2) is 8.23. The molecule has 26 heavy (non-hydrogen) atoms. The van der Waals surface area contributed by atoms with Crippen LogP contribution in [-0.4, -0.2) is 43.3 Å². The molecule has 1 atom stereocenters. The predicted molar refractivity (Wildman–Crippen MR) is 97.6 cm³/mol. The maximum Gasteiger partial charge on any atom is 0.225 e. The van der Waals surface area contributed by atoms with E-state index in [0.29, 0.717) is 30.2 Å². The lowest BCUT2D eigenvalue weighted by Crippen LogP contribution is -2.28. The Morgan fingerprint density at radius 1 is 1.35 bits per heavy atom. The number of nitrogens with zero attached hydrogens (tertiary/aromatic N) is 2. The van der Waals surface area contributed by atoms with E-state index in [1.54, 1.807) is 32.4 Å². The van der Waals surface area contributed by atoms with Crippen molar-refractivity contribution in [2.75, 3.05) is 32.6 Å². The molecule has 140 valence electrons. The van der Waals surface area contributed by atoms with Gasteiger partial charge in [-0.15, -0.1) is 0 Å². The van der Waals surface area contributed by atoms with Gasteiger partial charge in [-0.05, 0) is 38.4 Å². The number of aryl methyl sites for hydroxylation is 1. The number of amides is 1. The van der Waals surface area contributed by atoms with Crippen molar-refractivity contribution in [3.8, 4) is 11.5 Å². The number of benzene rings is 1. The van der Waals surface area contributed by atoms with Crippen LogP contribution < -0.4 is 14.8 Å². The maximum absolute atomic E-state index is 12.4. The number of aromatic nitrogens is 1. The Balaban J connectivity index is 1.59. The Hall–Kier alpha value is -2.54. The first-order valence-corrected chi connectivity index (χ1v) is 8.80. The fraction of sp³-hybridized carbons (Fsp3) is 0.474. The molecular formula is C19H25N3O4. The van der Waals surface area contributed by atoms with E-state index < -0.39 is 0 Å². The summed E-state index contributed by atoms with van der Waals surface area (Å²) in [5, 5.41) is 7.05. The number of hydrogen-bond acceptors (Lipinski definition) is 6. The minimum absolute atomic E-state index is 0.0569. The molecule has 0 aliphatic carbocycles. The molecule has 1 aromatic carbocycles. The molecule has 0 radical (unpaired) electrons. The van der Waals surface area contributed by atoms with Crippen LogP contribution >= 0.6 is 0 Å². The van der Waals surface area contributed by atoms with Crippen LogP contribution in [0.25, 0.3) is 0 Å². The van der Waals surface area contributed by atoms with E-state index in [0.717, 1.165) is 30.8 Å². The molecule has 0 bridgehead atoms. The van der Waals surface area contributed by atoms with Crippen LogP contribution in [0.3, 0.4) is 0 Å². The van der Waals surface area contributed by atoms with Gasteiger partial charge in [0.25, 0.3) is 0 Å². The summed E-state index contributed by atoms with van der Waals surface area (Å²) < 4.78 is 15.7. The molecule has 1 aliphatic rings. The summed E-state index contributed by atoms with van der Waals surface area (Å²) >= 11 is 0. The van der Waals surface area contributed by atoms with Gasteiger partial charge < -0.3 is 19.3 Å². The van der Waals surface area contributed by atoms with Crippen molar-refractivity contribution in [3.63, 3.8) is 0 Å². The van der Waals surface area contributed by atoms with Crippen LogP contribution in [0.2, 0.25) is 0 Å². The summed E-state index contributed by atoms with van der Waals surface area (Å²) in [5.41, 5.74) is 1.57. The molecular weight excluding hydrogens is 334 g/mol. The van der Waals surface area contributed by atoms with E-state index in [2.05, 4.69) is 15.4 Å². The first kappa shape index (κ1) is 18.3. The normalized spacial score (nSPS) is 17.3. The molecule has 3 rings (SSSR count). The highest BCUT2D eigenvalue weighted by atomic mass is 16.5. The van der Waals surface area contributed by atoms with Gasteiger partial charge in [0.15, 0.2) is 0 Å². The number of nitrogens with one attached hydrogen (secondary N) is 1. The van der Waals surface area contributed by atoms with Crippen LogP contribution in [0.15, 0.2) is 28.8 Å². The highest BCUT2D eigenvalue weighted by Crippen LogP contribution is 2.32. The molecule has 1 amide bonds. The fourth-order valence-electron chi connectivity index (χ4n) is 3.34. The minimum atomic E-state index is -0.0569. The van der Waals surface area contributed by atoms with Gasteiger partial charge >= 0.3 is 0 Å². The number of carbonyl (C=O) groups excluding carboxylic acids is 1. The third kappa shape index (κ3) is 4.16. The molecule has 0 saturated carbocycles. The Morgan fingerprint density at radius 3 is 2.88 bits per heavy atom. The van der Waals surface area contributed by atoms with Gasteiger partial charge in [0.2, 0.25) is 5.91 Å². The first-order chi connectivity index (χ1) is 12.6. The average Bonchev–Trinajstić information content (AvgIpc) is 3.28. The van der Waals surface area contributed by atoms with Gasteiger partial charge in [0.1, 0.15) is 23.0 Å². The second-order valence-corrected chi connectivity index (χ2v) is 6.42. The van der Waals surface area contributed by atoms with E-state index in [4.69, 9.17) is 14.0 Å². The van der Waals surface area contributed by atoms with Crippen LogP contribution in [0, 0.1) is 6.92 Å². The van der Waals surface area contributed by atoms with E-state index in [1.807, 2.05) is 13.0 Å². The molecule has 7 nitrogen and oxygen atoms in total. The van der Waals surface area contributed by atoms with E-state index in [9.17, 15) is 4.79 Å². The van der Waals surface area contributed by atoms with Crippen molar-refractivity contribution in [1.82, 2.24) is 10.1 Å². The summed E-state index contributed by atoms with van der Waals surface area (Å²) in [5.74, 6) is 2.03. The minimum Gasteiger partial charge on any atom is -0.497 e. The topological polar surface area (TPSA) is 76.8 Å². The second-order valence-electron chi connectivity index (χ2n) is 6.42. The van der Waals surface area contributed by atoms with Crippen molar-refractivity contribution >= 4 is 11.6 Å². The SMILES string of the molecule is COc1ccc(OC)c(NC(=O)CCN2CCC[C@@H]2c2cc(C)on2)c1. The molecule has 1 saturated heterocycles. The van der Waals surface area contributed by atoms with Gasteiger partial charge in [0, 0.05) is 25.1 Å². The van der Waals surface area contributed by atoms with Crippen LogP contribution in [0.5, 0.6) is 11.5 Å². The molecule has 7 heteroatoms. The number of carbonyl (C=O) groups is 1. The van der Waals surface area contributed by atoms with E-state index in [-0.39, 0.29) is 11.9 Å². The average molecular weight is 359 g/mol. The highest BCUT2D eigenvalue weighted by Gasteiger charge is 2.28. The monoisotopic (exact) mass is 359 g/mol. The summed E-state index contributed by atoms with van der Waals surface area (Å²) in [6.07, 6.45) is 2.53. The largest absolute Gasteiger partial charge is 0.497 e. The van der Waals surface area contributed by atoms with Gasteiger partial charge in [0.05, 0.1) is 25.9 Å². The van der Waals surface area contributed by atoms with E-state index in [1.165, 1.54) is 0 Å². The number of ether oxygens (including phenoxy) is 2. The quantitative estimate of drug-likeness (QED) is 0.818.